The first-order chi connectivity index (χ1) is 15.8. The van der Waals surface area contributed by atoms with E-state index in [2.05, 4.69) is 15.5 Å². The molecule has 2 heterocycles. The van der Waals surface area contributed by atoms with Crippen LogP contribution in [0.25, 0.3) is 0 Å². The van der Waals surface area contributed by atoms with Crippen molar-refractivity contribution in [2.24, 2.45) is 5.92 Å². The highest BCUT2D eigenvalue weighted by Crippen LogP contribution is 2.29. The van der Waals surface area contributed by atoms with E-state index in [-0.39, 0.29) is 34.7 Å². The molecule has 0 saturated carbocycles. The van der Waals surface area contributed by atoms with Gasteiger partial charge in [0.2, 0.25) is 22.2 Å². The lowest BCUT2D eigenvalue weighted by Crippen LogP contribution is -2.21. The molecule has 0 bridgehead atoms. The number of halogens is 2. The second-order valence-electron chi connectivity index (χ2n) is 6.76. The quantitative estimate of drug-likeness (QED) is 0.259. The summed E-state index contributed by atoms with van der Waals surface area (Å²) in [5.74, 6) is -3.40. The normalized spacial score (nSPS) is 10.9. The van der Waals surface area contributed by atoms with Crippen LogP contribution in [-0.2, 0) is 10.5 Å². The molecule has 0 unspecified atom stereocenters. The Morgan fingerprint density at radius 3 is 2.61 bits per heavy atom. The highest BCUT2D eigenvalue weighted by atomic mass is 32.2. The first kappa shape index (κ1) is 24.5. The zero-order chi connectivity index (χ0) is 24.0. The first-order valence-corrected chi connectivity index (χ1v) is 11.7. The van der Waals surface area contributed by atoms with Gasteiger partial charge < -0.3 is 14.5 Å². The van der Waals surface area contributed by atoms with E-state index in [1.807, 2.05) is 13.8 Å². The number of ether oxygens (including phenoxy) is 1. The van der Waals surface area contributed by atoms with Crippen molar-refractivity contribution in [3.63, 3.8) is 0 Å². The fourth-order valence-electron chi connectivity index (χ4n) is 2.69. The van der Waals surface area contributed by atoms with E-state index in [1.54, 1.807) is 0 Å². The SMILES string of the molecule is CCC(CC)C(=O)Nc1nnc(SCc2cc(=O)c(OC(=O)c3ccc(F)c(F)c3)co2)s1. The molecule has 1 aromatic carbocycles. The lowest BCUT2D eigenvalue weighted by Gasteiger charge is -2.09. The predicted octanol–water partition coefficient (Wildman–Crippen LogP) is 4.66. The van der Waals surface area contributed by atoms with Crippen molar-refractivity contribution >= 4 is 40.1 Å². The average Bonchev–Trinajstić information content (AvgIpc) is 3.23. The first-order valence-electron chi connectivity index (χ1n) is 9.86. The molecule has 0 atom stereocenters. The number of esters is 1. The van der Waals surface area contributed by atoms with E-state index in [0.29, 0.717) is 15.5 Å². The van der Waals surface area contributed by atoms with Crippen molar-refractivity contribution in [3.05, 3.63) is 63.7 Å². The lowest BCUT2D eigenvalue weighted by molar-refractivity contribution is -0.120. The Kier molecular flexibility index (Phi) is 8.28. The summed E-state index contributed by atoms with van der Waals surface area (Å²) >= 11 is 2.44. The van der Waals surface area contributed by atoms with E-state index in [9.17, 15) is 23.2 Å². The number of amides is 1. The molecule has 0 saturated heterocycles. The number of nitrogens with one attached hydrogen (secondary N) is 1. The van der Waals surface area contributed by atoms with Gasteiger partial charge >= 0.3 is 5.97 Å². The molecule has 0 spiro atoms. The van der Waals surface area contributed by atoms with E-state index < -0.39 is 23.0 Å². The Morgan fingerprint density at radius 2 is 1.94 bits per heavy atom. The van der Waals surface area contributed by atoms with Crippen molar-refractivity contribution < 1.29 is 27.5 Å². The summed E-state index contributed by atoms with van der Waals surface area (Å²) in [6.45, 7) is 3.88. The summed E-state index contributed by atoms with van der Waals surface area (Å²) in [5.41, 5.74) is -0.875. The maximum Gasteiger partial charge on any atom is 0.343 e. The van der Waals surface area contributed by atoms with Crippen LogP contribution < -0.4 is 15.5 Å². The number of aromatic nitrogens is 2. The molecule has 0 fully saturated rings. The fourth-order valence-corrected chi connectivity index (χ4v) is 4.33. The van der Waals surface area contributed by atoms with Gasteiger partial charge in [-0.1, -0.05) is 36.9 Å². The Labute approximate surface area is 195 Å². The minimum atomic E-state index is -1.21. The fraction of sp³-hybridized carbons (Fsp3) is 0.286. The molecule has 0 radical (unpaired) electrons. The Bertz CT molecular complexity index is 1210. The van der Waals surface area contributed by atoms with Crippen LogP contribution in [0.1, 0.15) is 42.8 Å². The largest absolute Gasteiger partial charge is 0.464 e. The van der Waals surface area contributed by atoms with E-state index in [0.717, 1.165) is 37.3 Å². The van der Waals surface area contributed by atoms with Crippen molar-refractivity contribution in [2.45, 2.75) is 36.8 Å². The molecule has 1 amide bonds. The molecule has 33 heavy (non-hydrogen) atoms. The Hall–Kier alpha value is -3.12. The van der Waals surface area contributed by atoms with Gasteiger partial charge in [-0.05, 0) is 31.0 Å². The predicted molar refractivity (Wildman–Crippen MR) is 118 cm³/mol. The van der Waals surface area contributed by atoms with Crippen LogP contribution in [0.3, 0.4) is 0 Å². The van der Waals surface area contributed by atoms with Crippen molar-refractivity contribution in [1.82, 2.24) is 10.2 Å². The Morgan fingerprint density at radius 1 is 1.18 bits per heavy atom. The highest BCUT2D eigenvalue weighted by molar-refractivity contribution is 8.00. The summed E-state index contributed by atoms with van der Waals surface area (Å²) in [6, 6.07) is 3.65. The molecule has 8 nitrogen and oxygen atoms in total. The van der Waals surface area contributed by atoms with Gasteiger partial charge in [-0.2, -0.15) is 0 Å². The minimum Gasteiger partial charge on any atom is -0.464 e. The number of thioether (sulfide) groups is 1. The molecule has 0 aliphatic heterocycles. The maximum absolute atomic E-state index is 13.3. The van der Waals surface area contributed by atoms with Gasteiger partial charge in [0.1, 0.15) is 12.0 Å². The number of carbonyl (C=O) groups excluding carboxylic acids is 2. The van der Waals surface area contributed by atoms with E-state index >= 15 is 0 Å². The maximum atomic E-state index is 13.3. The van der Waals surface area contributed by atoms with E-state index in [4.69, 9.17) is 9.15 Å². The van der Waals surface area contributed by atoms with E-state index in [1.165, 1.54) is 23.1 Å². The third kappa shape index (κ3) is 6.45. The smallest absolute Gasteiger partial charge is 0.343 e. The molecule has 12 heteroatoms. The van der Waals surface area contributed by atoms with Crippen LogP contribution in [0, 0.1) is 17.6 Å². The van der Waals surface area contributed by atoms with Crippen LogP contribution in [0.4, 0.5) is 13.9 Å². The van der Waals surface area contributed by atoms with Gasteiger partial charge in [0.25, 0.3) is 0 Å². The second-order valence-corrected chi connectivity index (χ2v) is 8.96. The Balaban J connectivity index is 1.58. The van der Waals surface area contributed by atoms with Gasteiger partial charge in [-0.15, -0.1) is 10.2 Å². The highest BCUT2D eigenvalue weighted by Gasteiger charge is 2.17. The summed E-state index contributed by atoms with van der Waals surface area (Å²) in [5, 5.41) is 11.1. The third-order valence-electron chi connectivity index (χ3n) is 4.54. The van der Waals surface area contributed by atoms with Crippen LogP contribution in [0.2, 0.25) is 0 Å². The van der Waals surface area contributed by atoms with Gasteiger partial charge in [0.05, 0.1) is 11.3 Å². The molecule has 0 aliphatic rings. The number of rotatable bonds is 9. The van der Waals surface area contributed by atoms with Crippen LogP contribution >= 0.6 is 23.1 Å². The number of benzene rings is 1. The van der Waals surface area contributed by atoms with Crippen LogP contribution in [0.5, 0.6) is 5.75 Å². The monoisotopic (exact) mass is 495 g/mol. The minimum absolute atomic E-state index is 0.0889. The van der Waals surface area contributed by atoms with Crippen molar-refractivity contribution in [3.8, 4) is 5.75 Å². The second kappa shape index (κ2) is 11.1. The average molecular weight is 496 g/mol. The number of anilines is 1. The summed E-state index contributed by atoms with van der Waals surface area (Å²) in [6.07, 6.45) is 2.43. The van der Waals surface area contributed by atoms with Gasteiger partial charge in [-0.25, -0.2) is 13.6 Å². The third-order valence-corrected chi connectivity index (χ3v) is 6.54. The summed E-state index contributed by atoms with van der Waals surface area (Å²) in [7, 11) is 0. The van der Waals surface area contributed by atoms with Crippen molar-refractivity contribution in [1.29, 1.82) is 0 Å². The number of carbonyl (C=O) groups is 2. The molecular weight excluding hydrogens is 476 g/mol. The van der Waals surface area contributed by atoms with Crippen LogP contribution in [-0.4, -0.2) is 22.1 Å². The van der Waals surface area contributed by atoms with Gasteiger partial charge in [-0.3, -0.25) is 9.59 Å². The zero-order valence-electron chi connectivity index (χ0n) is 17.6. The molecule has 3 rings (SSSR count). The molecule has 174 valence electrons. The topological polar surface area (TPSA) is 111 Å². The van der Waals surface area contributed by atoms with Crippen molar-refractivity contribution in [2.75, 3.05) is 5.32 Å². The number of nitrogens with zero attached hydrogens (tertiary/aromatic N) is 2. The standard InChI is InChI=1S/C21H19F2N3O5S2/c1-3-11(4-2)18(28)24-20-25-26-21(33-20)32-10-13-8-16(27)17(9-30-13)31-19(29)12-5-6-14(22)15(23)7-12/h5-9,11H,3-4,10H2,1-2H3,(H,24,25,28). The lowest BCUT2D eigenvalue weighted by atomic mass is 10.0. The van der Waals surface area contributed by atoms with Gasteiger partial charge in [0, 0.05) is 12.0 Å². The number of hydrogen-bond donors (Lipinski definition) is 1. The summed E-state index contributed by atoms with van der Waals surface area (Å²) in [4.78, 5) is 36.4. The molecule has 2 aromatic heterocycles. The molecule has 0 aliphatic carbocycles. The summed E-state index contributed by atoms with van der Waals surface area (Å²) < 4.78 is 37.1. The molecular formula is C21H19F2N3O5S2. The van der Waals surface area contributed by atoms with Crippen LogP contribution in [0.15, 0.2) is 44.1 Å². The number of hydrogen-bond acceptors (Lipinski definition) is 9. The van der Waals surface area contributed by atoms with Gasteiger partial charge in [0.15, 0.2) is 16.0 Å². The zero-order valence-corrected chi connectivity index (χ0v) is 19.2. The molecule has 3 aromatic rings. The molecule has 1 N–H and O–H groups in total.